The molecule has 0 heterocycles. The standard InChI is InChI=1S/C11H21N3O/c1-6-9(5)10(14-12-7-2)11(15)13-8(3)4/h7-8,14H,6H2,1-5H3,(H,13,15)/b10-9+,12-7-. The van der Waals surface area contributed by atoms with Crippen molar-refractivity contribution in [1.29, 1.82) is 0 Å². The van der Waals surface area contributed by atoms with Crippen LogP contribution in [0.2, 0.25) is 0 Å². The Kier molecular flexibility index (Phi) is 6.42. The zero-order valence-electron chi connectivity index (χ0n) is 10.2. The zero-order chi connectivity index (χ0) is 11.8. The molecule has 4 heteroatoms. The van der Waals surface area contributed by atoms with Gasteiger partial charge < -0.3 is 5.32 Å². The van der Waals surface area contributed by atoms with Gasteiger partial charge >= 0.3 is 0 Å². The van der Waals surface area contributed by atoms with E-state index in [1.807, 2.05) is 27.7 Å². The first-order valence-corrected chi connectivity index (χ1v) is 5.27. The number of allylic oxidation sites excluding steroid dienone is 1. The maximum Gasteiger partial charge on any atom is 0.269 e. The van der Waals surface area contributed by atoms with E-state index >= 15 is 0 Å². The van der Waals surface area contributed by atoms with Gasteiger partial charge in [0.1, 0.15) is 5.70 Å². The zero-order valence-corrected chi connectivity index (χ0v) is 10.2. The van der Waals surface area contributed by atoms with Crippen LogP contribution in [-0.4, -0.2) is 18.2 Å². The van der Waals surface area contributed by atoms with Crippen LogP contribution in [0.15, 0.2) is 16.4 Å². The Morgan fingerprint density at radius 3 is 2.47 bits per heavy atom. The Morgan fingerprint density at radius 2 is 2.07 bits per heavy atom. The first-order chi connectivity index (χ1) is 7.02. The monoisotopic (exact) mass is 211 g/mol. The molecule has 0 aliphatic heterocycles. The topological polar surface area (TPSA) is 53.5 Å². The summed E-state index contributed by atoms with van der Waals surface area (Å²) in [7, 11) is 0. The van der Waals surface area contributed by atoms with Gasteiger partial charge in [-0.15, -0.1) is 0 Å². The SMILES string of the molecule is C/C=N\N/C(C(=O)NC(C)C)=C(\C)CC. The lowest BCUT2D eigenvalue weighted by molar-refractivity contribution is -0.118. The fraction of sp³-hybridized carbons (Fsp3) is 0.636. The quantitative estimate of drug-likeness (QED) is 0.414. The van der Waals surface area contributed by atoms with Crippen LogP contribution in [0.1, 0.15) is 41.0 Å². The average Bonchev–Trinajstić information content (AvgIpc) is 2.16. The van der Waals surface area contributed by atoms with Gasteiger partial charge in [0.2, 0.25) is 0 Å². The second kappa shape index (κ2) is 7.04. The second-order valence-electron chi connectivity index (χ2n) is 3.64. The molecule has 0 saturated carbocycles. The maximum absolute atomic E-state index is 11.8. The molecule has 0 atom stereocenters. The minimum absolute atomic E-state index is 0.102. The summed E-state index contributed by atoms with van der Waals surface area (Å²) in [4.78, 5) is 11.8. The number of carbonyl (C=O) groups excluding carboxylic acids is 1. The molecule has 1 amide bonds. The summed E-state index contributed by atoms with van der Waals surface area (Å²) in [5.41, 5.74) is 4.31. The molecule has 0 spiro atoms. The third-order valence-corrected chi connectivity index (χ3v) is 1.91. The number of amides is 1. The molecule has 0 aliphatic carbocycles. The lowest BCUT2D eigenvalue weighted by Gasteiger charge is -2.13. The Hall–Kier alpha value is -1.32. The van der Waals surface area contributed by atoms with Crippen molar-refractivity contribution in [3.8, 4) is 0 Å². The molecule has 0 rings (SSSR count). The van der Waals surface area contributed by atoms with Crippen molar-refractivity contribution in [2.24, 2.45) is 5.10 Å². The van der Waals surface area contributed by atoms with Crippen molar-refractivity contribution >= 4 is 12.1 Å². The van der Waals surface area contributed by atoms with E-state index in [-0.39, 0.29) is 11.9 Å². The molecule has 0 bridgehead atoms. The van der Waals surface area contributed by atoms with Crippen LogP contribution in [0.5, 0.6) is 0 Å². The molecule has 0 fully saturated rings. The van der Waals surface area contributed by atoms with Crippen molar-refractivity contribution in [2.45, 2.75) is 47.1 Å². The Bertz CT molecular complexity index is 267. The summed E-state index contributed by atoms with van der Waals surface area (Å²) >= 11 is 0. The number of carbonyl (C=O) groups is 1. The van der Waals surface area contributed by atoms with Gasteiger partial charge in [-0.2, -0.15) is 5.10 Å². The van der Waals surface area contributed by atoms with Gasteiger partial charge in [-0.1, -0.05) is 6.92 Å². The highest BCUT2D eigenvalue weighted by Crippen LogP contribution is 2.05. The molecular weight excluding hydrogens is 190 g/mol. The molecule has 0 aromatic rings. The number of hydrazone groups is 1. The molecule has 86 valence electrons. The second-order valence-corrected chi connectivity index (χ2v) is 3.64. The smallest absolute Gasteiger partial charge is 0.269 e. The van der Waals surface area contributed by atoms with Crippen LogP contribution in [0.3, 0.4) is 0 Å². The van der Waals surface area contributed by atoms with Gasteiger partial charge in [0.25, 0.3) is 5.91 Å². The van der Waals surface area contributed by atoms with Crippen molar-refractivity contribution in [1.82, 2.24) is 10.7 Å². The van der Waals surface area contributed by atoms with E-state index < -0.39 is 0 Å². The highest BCUT2D eigenvalue weighted by molar-refractivity contribution is 5.93. The summed E-state index contributed by atoms with van der Waals surface area (Å²) in [6.07, 6.45) is 2.44. The largest absolute Gasteiger partial charge is 0.349 e. The number of hydrogen-bond acceptors (Lipinski definition) is 3. The predicted molar refractivity (Wildman–Crippen MR) is 63.6 cm³/mol. The van der Waals surface area contributed by atoms with E-state index in [1.165, 1.54) is 0 Å². The highest BCUT2D eigenvalue weighted by atomic mass is 16.2. The minimum Gasteiger partial charge on any atom is -0.349 e. The van der Waals surface area contributed by atoms with Crippen LogP contribution >= 0.6 is 0 Å². The van der Waals surface area contributed by atoms with E-state index in [0.29, 0.717) is 5.70 Å². The van der Waals surface area contributed by atoms with Gasteiger partial charge in [-0.05, 0) is 39.7 Å². The lowest BCUT2D eigenvalue weighted by Crippen LogP contribution is -2.35. The number of nitrogens with one attached hydrogen (secondary N) is 2. The van der Waals surface area contributed by atoms with Gasteiger partial charge in [-0.3, -0.25) is 10.2 Å². The molecular formula is C11H21N3O. The third kappa shape index (κ3) is 5.20. The van der Waals surface area contributed by atoms with E-state index in [2.05, 4.69) is 15.8 Å². The summed E-state index contributed by atoms with van der Waals surface area (Å²) in [5.74, 6) is -0.102. The molecule has 2 N–H and O–H groups in total. The Labute approximate surface area is 91.8 Å². The predicted octanol–water partition coefficient (Wildman–Crippen LogP) is 1.79. The molecule has 0 aromatic carbocycles. The molecule has 0 saturated heterocycles. The number of hydrogen-bond donors (Lipinski definition) is 2. The third-order valence-electron chi connectivity index (χ3n) is 1.91. The first kappa shape index (κ1) is 13.7. The van der Waals surface area contributed by atoms with Gasteiger partial charge in [0.15, 0.2) is 0 Å². The molecule has 0 aliphatic rings. The average molecular weight is 211 g/mol. The van der Waals surface area contributed by atoms with Crippen LogP contribution in [0, 0.1) is 0 Å². The summed E-state index contributed by atoms with van der Waals surface area (Å²) < 4.78 is 0. The highest BCUT2D eigenvalue weighted by Gasteiger charge is 2.12. The van der Waals surface area contributed by atoms with Gasteiger partial charge in [0, 0.05) is 12.3 Å². The fourth-order valence-electron chi connectivity index (χ4n) is 0.980. The van der Waals surface area contributed by atoms with E-state index in [1.54, 1.807) is 13.1 Å². The summed E-state index contributed by atoms with van der Waals surface area (Å²) in [5, 5.41) is 6.71. The van der Waals surface area contributed by atoms with Crippen LogP contribution in [0.4, 0.5) is 0 Å². The molecule has 0 radical (unpaired) electrons. The van der Waals surface area contributed by atoms with Crippen molar-refractivity contribution < 1.29 is 4.79 Å². The van der Waals surface area contributed by atoms with Crippen molar-refractivity contribution in [3.05, 3.63) is 11.3 Å². The van der Waals surface area contributed by atoms with Gasteiger partial charge in [0.05, 0.1) is 0 Å². The van der Waals surface area contributed by atoms with Crippen LogP contribution < -0.4 is 10.7 Å². The minimum atomic E-state index is -0.102. The van der Waals surface area contributed by atoms with Crippen molar-refractivity contribution in [3.63, 3.8) is 0 Å². The first-order valence-electron chi connectivity index (χ1n) is 5.27. The summed E-state index contributed by atoms with van der Waals surface area (Å²) in [6.45, 7) is 9.59. The van der Waals surface area contributed by atoms with Crippen molar-refractivity contribution in [2.75, 3.05) is 0 Å². The van der Waals surface area contributed by atoms with E-state index in [9.17, 15) is 4.79 Å². The molecule has 0 unspecified atom stereocenters. The Balaban J connectivity index is 4.71. The fourth-order valence-corrected chi connectivity index (χ4v) is 0.980. The van der Waals surface area contributed by atoms with E-state index in [4.69, 9.17) is 0 Å². The normalized spacial score (nSPS) is 12.9. The summed E-state index contributed by atoms with van der Waals surface area (Å²) in [6, 6.07) is 0.129. The van der Waals surface area contributed by atoms with Gasteiger partial charge in [-0.25, -0.2) is 0 Å². The molecule has 0 aromatic heterocycles. The maximum atomic E-state index is 11.8. The lowest BCUT2D eigenvalue weighted by atomic mass is 10.1. The molecule has 4 nitrogen and oxygen atoms in total. The van der Waals surface area contributed by atoms with Crippen LogP contribution in [0.25, 0.3) is 0 Å². The van der Waals surface area contributed by atoms with E-state index in [0.717, 1.165) is 12.0 Å². The van der Waals surface area contributed by atoms with Crippen LogP contribution in [-0.2, 0) is 4.79 Å². The number of rotatable bonds is 5. The number of nitrogens with zero attached hydrogens (tertiary/aromatic N) is 1. The molecule has 15 heavy (non-hydrogen) atoms. The Morgan fingerprint density at radius 1 is 1.47 bits per heavy atom.